The largest absolute Gasteiger partial charge is 0.573 e. The molecule has 0 bridgehead atoms. The van der Waals surface area contributed by atoms with Gasteiger partial charge in [0.05, 0.1) is 6.54 Å². The number of ether oxygens (including phenoxy) is 1. The van der Waals surface area contributed by atoms with Gasteiger partial charge >= 0.3 is 12.2 Å². The van der Waals surface area contributed by atoms with Gasteiger partial charge in [0.15, 0.2) is 5.75 Å². The molecule has 0 aliphatic rings. The quantitative estimate of drug-likeness (QED) is 0.615. The third-order valence-electron chi connectivity index (χ3n) is 1.61. The van der Waals surface area contributed by atoms with E-state index in [1.807, 2.05) is 0 Å². The molecule has 94 valence electrons. The molecule has 17 heavy (non-hydrogen) atoms. The van der Waals surface area contributed by atoms with E-state index in [-0.39, 0.29) is 0 Å². The Balaban J connectivity index is 3.24. The maximum atomic E-state index is 11.9. The number of nitrogens with zero attached hydrogens (tertiary/aromatic N) is 2. The van der Waals surface area contributed by atoms with Crippen LogP contribution >= 0.6 is 0 Å². The van der Waals surface area contributed by atoms with Gasteiger partial charge in [-0.1, -0.05) is 0 Å². The minimum Gasteiger partial charge on any atom is -0.501 e. The number of pyridine rings is 1. The molecule has 1 aromatic rings. The van der Waals surface area contributed by atoms with Crippen LogP contribution in [0.5, 0.6) is 11.5 Å². The summed E-state index contributed by atoms with van der Waals surface area (Å²) < 4.78 is 39.3. The first-order valence-corrected chi connectivity index (χ1v) is 4.07. The molecule has 0 saturated heterocycles. The van der Waals surface area contributed by atoms with E-state index >= 15 is 0 Å². The molecule has 0 aliphatic carbocycles. The predicted octanol–water partition coefficient (Wildman–Crippen LogP) is 1.05. The summed E-state index contributed by atoms with van der Waals surface area (Å²) in [6.45, 7) is -0.507. The van der Waals surface area contributed by atoms with E-state index in [0.717, 1.165) is 0 Å². The van der Waals surface area contributed by atoms with Crippen LogP contribution in [0.1, 0.15) is 5.69 Å². The Labute approximate surface area is 91.8 Å². The van der Waals surface area contributed by atoms with Crippen molar-refractivity contribution in [2.75, 3.05) is 0 Å². The monoisotopic (exact) mass is 253 g/mol. The van der Waals surface area contributed by atoms with E-state index in [9.17, 15) is 23.3 Å². The highest BCUT2D eigenvalue weighted by molar-refractivity contribution is 5.46. The Bertz CT molecular complexity index is 449. The van der Waals surface area contributed by atoms with Crippen molar-refractivity contribution >= 4 is 5.82 Å². The lowest BCUT2D eigenvalue weighted by atomic mass is 10.3. The Kier molecular flexibility index (Phi) is 3.36. The standard InChI is InChI=1S/C7H6F3N3O4/c8-7(9,10)17-5-1-4(14)6(13(15)16)12-3(5)2-11/h1,14H,2,11H2. The van der Waals surface area contributed by atoms with Crippen molar-refractivity contribution in [3.63, 3.8) is 0 Å². The van der Waals surface area contributed by atoms with E-state index < -0.39 is 40.8 Å². The molecule has 7 nitrogen and oxygen atoms in total. The fourth-order valence-corrected chi connectivity index (χ4v) is 1.01. The molecule has 1 rings (SSSR count). The number of hydrogen-bond donors (Lipinski definition) is 2. The summed E-state index contributed by atoms with van der Waals surface area (Å²) >= 11 is 0. The van der Waals surface area contributed by atoms with Crippen LogP contribution in [0, 0.1) is 10.1 Å². The molecular formula is C7H6F3N3O4. The van der Waals surface area contributed by atoms with E-state index in [1.165, 1.54) is 0 Å². The van der Waals surface area contributed by atoms with Gasteiger partial charge in [-0.15, -0.1) is 13.2 Å². The molecule has 0 saturated carbocycles. The molecule has 0 aliphatic heterocycles. The van der Waals surface area contributed by atoms with Gasteiger partial charge in [0.1, 0.15) is 0 Å². The van der Waals surface area contributed by atoms with Crippen LogP contribution in [0.15, 0.2) is 6.07 Å². The minimum absolute atomic E-state index is 0.445. The van der Waals surface area contributed by atoms with Crippen molar-refractivity contribution in [1.29, 1.82) is 0 Å². The lowest BCUT2D eigenvalue weighted by Crippen LogP contribution is -2.19. The van der Waals surface area contributed by atoms with Crippen molar-refractivity contribution in [3.05, 3.63) is 21.9 Å². The highest BCUT2D eigenvalue weighted by atomic mass is 19.4. The molecule has 10 heteroatoms. The second kappa shape index (κ2) is 4.41. The SMILES string of the molecule is NCc1nc([N+](=O)[O-])c(O)cc1OC(F)(F)F. The fraction of sp³-hybridized carbons (Fsp3) is 0.286. The molecule has 0 spiro atoms. The summed E-state index contributed by atoms with van der Waals surface area (Å²) in [5, 5.41) is 19.5. The number of hydrogen-bond acceptors (Lipinski definition) is 6. The molecule has 0 fully saturated rings. The number of nitro groups is 1. The van der Waals surface area contributed by atoms with Gasteiger partial charge in [0, 0.05) is 6.07 Å². The van der Waals surface area contributed by atoms with Gasteiger partial charge in [-0.25, -0.2) is 0 Å². The van der Waals surface area contributed by atoms with Crippen LogP contribution in [0.25, 0.3) is 0 Å². The van der Waals surface area contributed by atoms with Gasteiger partial charge in [-0.05, 0) is 9.91 Å². The molecule has 1 aromatic heterocycles. The second-order valence-electron chi connectivity index (χ2n) is 2.78. The van der Waals surface area contributed by atoms with Crippen LogP contribution in [0.3, 0.4) is 0 Å². The van der Waals surface area contributed by atoms with Gasteiger partial charge in [0.2, 0.25) is 11.4 Å². The topological polar surface area (TPSA) is 112 Å². The normalized spacial score (nSPS) is 11.3. The summed E-state index contributed by atoms with van der Waals surface area (Å²) in [5.41, 5.74) is 4.59. The number of rotatable bonds is 3. The predicted molar refractivity (Wildman–Crippen MR) is 47.1 cm³/mol. The summed E-state index contributed by atoms with van der Waals surface area (Å²) in [7, 11) is 0. The average Bonchev–Trinajstić information content (AvgIpc) is 2.14. The average molecular weight is 253 g/mol. The first kappa shape index (κ1) is 13.0. The summed E-state index contributed by atoms with van der Waals surface area (Å²) in [6.07, 6.45) is -5.01. The van der Waals surface area contributed by atoms with Crippen LogP contribution in [0.4, 0.5) is 19.0 Å². The molecular weight excluding hydrogens is 247 g/mol. The third kappa shape index (κ3) is 3.17. The van der Waals surface area contributed by atoms with Crippen molar-refractivity contribution in [3.8, 4) is 11.5 Å². The summed E-state index contributed by atoms with van der Waals surface area (Å²) in [6, 6.07) is 0.445. The number of aromatic nitrogens is 1. The van der Waals surface area contributed by atoms with E-state index in [2.05, 4.69) is 9.72 Å². The molecule has 0 unspecified atom stereocenters. The van der Waals surface area contributed by atoms with E-state index in [1.54, 1.807) is 0 Å². The Hall–Kier alpha value is -2.10. The Morgan fingerprint density at radius 2 is 2.18 bits per heavy atom. The van der Waals surface area contributed by atoms with Crippen LogP contribution in [-0.2, 0) is 6.54 Å². The lowest BCUT2D eigenvalue weighted by Gasteiger charge is -2.09. The minimum atomic E-state index is -5.01. The van der Waals surface area contributed by atoms with Crippen LogP contribution < -0.4 is 10.5 Å². The molecule has 1 heterocycles. The van der Waals surface area contributed by atoms with Gasteiger partial charge in [0.25, 0.3) is 0 Å². The summed E-state index contributed by atoms with van der Waals surface area (Å²) in [4.78, 5) is 12.5. The molecule has 0 aromatic carbocycles. The molecule has 0 amide bonds. The first-order valence-electron chi connectivity index (χ1n) is 4.07. The first-order chi connectivity index (χ1) is 7.74. The van der Waals surface area contributed by atoms with Crippen LogP contribution in [0.2, 0.25) is 0 Å². The van der Waals surface area contributed by atoms with Crippen molar-refractivity contribution in [2.24, 2.45) is 5.73 Å². The van der Waals surface area contributed by atoms with Crippen molar-refractivity contribution < 1.29 is 27.9 Å². The van der Waals surface area contributed by atoms with Crippen molar-refractivity contribution in [2.45, 2.75) is 12.9 Å². The molecule has 3 N–H and O–H groups in total. The van der Waals surface area contributed by atoms with Crippen LogP contribution in [-0.4, -0.2) is 21.4 Å². The summed E-state index contributed by atoms with van der Waals surface area (Å²) in [5.74, 6) is -2.89. The number of aromatic hydroxyl groups is 1. The van der Waals surface area contributed by atoms with E-state index in [0.29, 0.717) is 6.07 Å². The second-order valence-corrected chi connectivity index (χ2v) is 2.78. The fourth-order valence-electron chi connectivity index (χ4n) is 1.01. The number of halogens is 3. The highest BCUT2D eigenvalue weighted by Crippen LogP contribution is 2.33. The Morgan fingerprint density at radius 3 is 2.59 bits per heavy atom. The zero-order valence-corrected chi connectivity index (χ0v) is 8.06. The molecule has 0 atom stereocenters. The lowest BCUT2D eigenvalue weighted by molar-refractivity contribution is -0.390. The maximum Gasteiger partial charge on any atom is 0.573 e. The van der Waals surface area contributed by atoms with E-state index in [4.69, 9.17) is 10.8 Å². The third-order valence-corrected chi connectivity index (χ3v) is 1.61. The highest BCUT2D eigenvalue weighted by Gasteiger charge is 2.34. The van der Waals surface area contributed by atoms with Gasteiger partial charge in [-0.2, -0.15) is 0 Å². The number of nitrogens with two attached hydrogens (primary N) is 1. The number of alkyl halides is 3. The van der Waals surface area contributed by atoms with Gasteiger partial charge < -0.3 is 25.7 Å². The zero-order valence-electron chi connectivity index (χ0n) is 8.06. The molecule has 0 radical (unpaired) electrons. The smallest absolute Gasteiger partial charge is 0.501 e. The zero-order chi connectivity index (χ0) is 13.2. The van der Waals surface area contributed by atoms with Crippen molar-refractivity contribution in [1.82, 2.24) is 4.98 Å². The maximum absolute atomic E-state index is 11.9. The Morgan fingerprint density at radius 1 is 1.59 bits per heavy atom. The van der Waals surface area contributed by atoms with Gasteiger partial charge in [-0.3, -0.25) is 0 Å².